The SMILES string of the molecule is CC(C)(C)COc1nc(C#N)ncc1NNC(=O)N1CCC2(CC1)NC(=O)NC2=O. The van der Waals surface area contributed by atoms with Gasteiger partial charge in [0.25, 0.3) is 5.91 Å². The molecule has 30 heavy (non-hydrogen) atoms. The summed E-state index contributed by atoms with van der Waals surface area (Å²) < 4.78 is 5.69. The lowest BCUT2D eigenvalue weighted by atomic mass is 9.88. The fourth-order valence-corrected chi connectivity index (χ4v) is 3.07. The average Bonchev–Trinajstić information content (AvgIpc) is 2.97. The van der Waals surface area contributed by atoms with Crippen LogP contribution in [0.1, 0.15) is 39.4 Å². The number of carbonyl (C=O) groups excluding carboxylic acids is 3. The first-order valence-electron chi connectivity index (χ1n) is 9.46. The maximum absolute atomic E-state index is 12.5. The summed E-state index contributed by atoms with van der Waals surface area (Å²) >= 11 is 0. The van der Waals surface area contributed by atoms with Crippen molar-refractivity contribution in [3.05, 3.63) is 12.0 Å². The molecular weight excluding hydrogens is 392 g/mol. The summed E-state index contributed by atoms with van der Waals surface area (Å²) in [7, 11) is 0. The van der Waals surface area contributed by atoms with Crippen molar-refractivity contribution in [2.24, 2.45) is 5.41 Å². The molecule has 0 saturated carbocycles. The van der Waals surface area contributed by atoms with Gasteiger partial charge in [-0.25, -0.2) is 14.6 Å². The van der Waals surface area contributed by atoms with Gasteiger partial charge in [0.05, 0.1) is 12.8 Å². The average molecular weight is 416 g/mol. The Morgan fingerprint density at radius 3 is 2.63 bits per heavy atom. The first-order chi connectivity index (χ1) is 14.1. The van der Waals surface area contributed by atoms with Crippen LogP contribution in [0.25, 0.3) is 0 Å². The molecule has 3 rings (SSSR count). The summed E-state index contributed by atoms with van der Waals surface area (Å²) in [4.78, 5) is 45.4. The molecule has 2 aliphatic rings. The van der Waals surface area contributed by atoms with Crippen LogP contribution >= 0.6 is 0 Å². The molecule has 12 heteroatoms. The highest BCUT2D eigenvalue weighted by molar-refractivity contribution is 6.07. The molecule has 0 aromatic carbocycles. The number of piperidine rings is 1. The van der Waals surface area contributed by atoms with Crippen molar-refractivity contribution in [1.29, 1.82) is 5.26 Å². The predicted octanol–water partition coefficient (Wildman–Crippen LogP) is 0.484. The minimum Gasteiger partial charge on any atom is -0.475 e. The molecule has 2 fully saturated rings. The lowest BCUT2D eigenvalue weighted by Gasteiger charge is -2.36. The molecule has 1 aromatic heterocycles. The number of hydrogen-bond donors (Lipinski definition) is 4. The smallest absolute Gasteiger partial charge is 0.336 e. The first-order valence-corrected chi connectivity index (χ1v) is 9.46. The van der Waals surface area contributed by atoms with Crippen LogP contribution in [0.3, 0.4) is 0 Å². The molecule has 160 valence electrons. The molecule has 12 nitrogen and oxygen atoms in total. The van der Waals surface area contributed by atoms with E-state index in [1.807, 2.05) is 26.8 Å². The van der Waals surface area contributed by atoms with Crippen molar-refractivity contribution >= 4 is 23.7 Å². The monoisotopic (exact) mass is 416 g/mol. The van der Waals surface area contributed by atoms with Crippen molar-refractivity contribution in [3.63, 3.8) is 0 Å². The molecule has 0 atom stereocenters. The number of nitrogens with zero attached hydrogens (tertiary/aromatic N) is 4. The van der Waals surface area contributed by atoms with Crippen LogP contribution < -0.4 is 26.2 Å². The van der Waals surface area contributed by atoms with Gasteiger partial charge >= 0.3 is 12.1 Å². The third-order valence-corrected chi connectivity index (χ3v) is 4.72. The van der Waals surface area contributed by atoms with Gasteiger partial charge in [0.15, 0.2) is 0 Å². The summed E-state index contributed by atoms with van der Waals surface area (Å²) in [6, 6.07) is 0.924. The number of urea groups is 2. The number of imide groups is 1. The number of nitriles is 1. The van der Waals surface area contributed by atoms with Crippen molar-refractivity contribution < 1.29 is 19.1 Å². The highest BCUT2D eigenvalue weighted by Gasteiger charge is 2.48. The number of amides is 5. The number of carbonyl (C=O) groups is 3. The molecule has 0 aliphatic carbocycles. The fraction of sp³-hybridized carbons (Fsp3) is 0.556. The molecule has 4 N–H and O–H groups in total. The number of hydrogen-bond acceptors (Lipinski definition) is 8. The molecule has 1 aromatic rings. The highest BCUT2D eigenvalue weighted by atomic mass is 16.5. The van der Waals surface area contributed by atoms with Gasteiger partial charge in [-0.1, -0.05) is 20.8 Å². The number of ether oxygens (including phenoxy) is 1. The van der Waals surface area contributed by atoms with Gasteiger partial charge in [0.1, 0.15) is 17.3 Å². The second-order valence-electron chi connectivity index (χ2n) is 8.41. The molecular formula is C18H24N8O4. The van der Waals surface area contributed by atoms with Crippen molar-refractivity contribution in [2.45, 2.75) is 39.2 Å². The number of nitrogens with one attached hydrogen (secondary N) is 4. The normalized spacial score (nSPS) is 17.7. The van der Waals surface area contributed by atoms with E-state index in [4.69, 9.17) is 10.00 Å². The van der Waals surface area contributed by atoms with Crippen LogP contribution in [0.5, 0.6) is 5.88 Å². The zero-order valence-electron chi connectivity index (χ0n) is 17.0. The fourth-order valence-electron chi connectivity index (χ4n) is 3.07. The molecule has 0 bridgehead atoms. The van der Waals surface area contributed by atoms with Crippen LogP contribution in [0.4, 0.5) is 15.3 Å². The summed E-state index contributed by atoms with van der Waals surface area (Å²) in [6.07, 6.45) is 1.99. The van der Waals surface area contributed by atoms with Crippen LogP contribution in [-0.2, 0) is 4.79 Å². The number of likely N-dealkylation sites (tertiary alicyclic amines) is 1. The van der Waals surface area contributed by atoms with E-state index < -0.39 is 17.6 Å². The standard InChI is InChI=1S/C18H24N8O4/c1-17(2,3)10-30-13-11(9-20-12(8-19)21-13)24-25-16(29)26-6-4-18(5-7-26)14(27)22-15(28)23-18/h9,24H,4-7,10H2,1-3H3,(H,25,29)(H2,22,23,27,28). The summed E-state index contributed by atoms with van der Waals surface area (Å²) in [6.45, 7) is 6.90. The van der Waals surface area contributed by atoms with Gasteiger partial charge in [-0.15, -0.1) is 0 Å². The molecule has 3 heterocycles. The van der Waals surface area contributed by atoms with Crippen molar-refractivity contribution in [1.82, 2.24) is 30.9 Å². The van der Waals surface area contributed by atoms with E-state index in [0.29, 0.717) is 38.2 Å². The summed E-state index contributed by atoms with van der Waals surface area (Å²) in [5.74, 6) is -0.255. The van der Waals surface area contributed by atoms with Gasteiger partial charge in [0.2, 0.25) is 11.7 Å². The minimum absolute atomic E-state index is 0.0472. The van der Waals surface area contributed by atoms with Gasteiger partial charge in [-0.05, 0) is 18.3 Å². The second-order valence-corrected chi connectivity index (χ2v) is 8.41. The molecule has 0 unspecified atom stereocenters. The number of hydrazine groups is 1. The van der Waals surface area contributed by atoms with E-state index >= 15 is 0 Å². The Morgan fingerprint density at radius 1 is 1.37 bits per heavy atom. The number of rotatable bonds is 4. The second kappa shape index (κ2) is 8.02. The van der Waals surface area contributed by atoms with Gasteiger partial charge in [0, 0.05) is 13.1 Å². The molecule has 0 radical (unpaired) electrons. The molecule has 1 spiro atoms. The summed E-state index contributed by atoms with van der Waals surface area (Å²) in [5, 5.41) is 13.9. The Labute approximate surface area is 173 Å². The number of aromatic nitrogens is 2. The van der Waals surface area contributed by atoms with E-state index in [9.17, 15) is 14.4 Å². The Kier molecular flexibility index (Phi) is 5.64. The van der Waals surface area contributed by atoms with Crippen LogP contribution in [-0.4, -0.2) is 58.1 Å². The van der Waals surface area contributed by atoms with Crippen LogP contribution in [0.2, 0.25) is 0 Å². The quantitative estimate of drug-likeness (QED) is 0.407. The predicted molar refractivity (Wildman–Crippen MR) is 104 cm³/mol. The van der Waals surface area contributed by atoms with Gasteiger partial charge in [-0.3, -0.25) is 21.0 Å². The zero-order chi connectivity index (χ0) is 21.9. The molecule has 5 amide bonds. The van der Waals surface area contributed by atoms with Crippen molar-refractivity contribution in [3.8, 4) is 11.9 Å². The lowest BCUT2D eigenvalue weighted by molar-refractivity contribution is -0.125. The molecule has 2 aliphatic heterocycles. The van der Waals surface area contributed by atoms with E-state index in [2.05, 4.69) is 31.5 Å². The van der Waals surface area contributed by atoms with Gasteiger partial charge < -0.3 is 15.0 Å². The van der Waals surface area contributed by atoms with E-state index in [1.54, 1.807) is 0 Å². The zero-order valence-corrected chi connectivity index (χ0v) is 17.0. The van der Waals surface area contributed by atoms with Crippen LogP contribution in [0.15, 0.2) is 6.20 Å². The maximum Gasteiger partial charge on any atom is 0.336 e. The third-order valence-electron chi connectivity index (χ3n) is 4.72. The Morgan fingerprint density at radius 2 is 2.07 bits per heavy atom. The largest absolute Gasteiger partial charge is 0.475 e. The lowest BCUT2D eigenvalue weighted by Crippen LogP contribution is -2.57. The Bertz CT molecular complexity index is 896. The van der Waals surface area contributed by atoms with Gasteiger partial charge in [-0.2, -0.15) is 10.2 Å². The van der Waals surface area contributed by atoms with E-state index in [0.717, 1.165) is 0 Å². The Balaban J connectivity index is 1.59. The minimum atomic E-state index is -0.948. The Hall–Kier alpha value is -3.62. The topological polar surface area (TPSA) is 161 Å². The maximum atomic E-state index is 12.5. The van der Waals surface area contributed by atoms with E-state index in [-0.39, 0.29) is 23.0 Å². The third kappa shape index (κ3) is 4.68. The first kappa shape index (κ1) is 21.1. The van der Waals surface area contributed by atoms with E-state index in [1.165, 1.54) is 11.1 Å². The molecule has 2 saturated heterocycles. The van der Waals surface area contributed by atoms with Crippen LogP contribution in [0, 0.1) is 16.7 Å². The summed E-state index contributed by atoms with van der Waals surface area (Å²) in [5.41, 5.74) is 4.50. The highest BCUT2D eigenvalue weighted by Crippen LogP contribution is 2.26. The number of anilines is 1. The van der Waals surface area contributed by atoms with Crippen molar-refractivity contribution in [2.75, 3.05) is 25.1 Å².